The molecule has 6 nitrogen and oxygen atoms in total. The van der Waals surface area contributed by atoms with Gasteiger partial charge in [0.15, 0.2) is 0 Å². The smallest absolute Gasteiger partial charge is 0.303 e. The topological polar surface area (TPSA) is 98.9 Å². The molecule has 1 aromatic heterocycles. The number of nitrogens with one attached hydrogen (secondary N) is 1. The fourth-order valence-electron chi connectivity index (χ4n) is 1.65. The first-order chi connectivity index (χ1) is 9.01. The van der Waals surface area contributed by atoms with Gasteiger partial charge in [-0.2, -0.15) is 5.26 Å². The molecule has 2 N–H and O–H groups in total. The summed E-state index contributed by atoms with van der Waals surface area (Å²) in [5.74, 6) is 0.00585. The normalized spacial score (nSPS) is 11.6. The van der Waals surface area contributed by atoms with Crippen LogP contribution in [0.5, 0.6) is 0 Å². The van der Waals surface area contributed by atoms with Crippen molar-refractivity contribution in [2.45, 2.75) is 33.1 Å². The Morgan fingerprint density at radius 3 is 2.89 bits per heavy atom. The highest BCUT2D eigenvalue weighted by Crippen LogP contribution is 2.11. The van der Waals surface area contributed by atoms with Crippen LogP contribution < -0.4 is 5.32 Å². The van der Waals surface area contributed by atoms with E-state index < -0.39 is 5.97 Å². The van der Waals surface area contributed by atoms with E-state index in [2.05, 4.69) is 15.3 Å². The number of nitrogens with zero attached hydrogens (tertiary/aromatic N) is 3. The van der Waals surface area contributed by atoms with E-state index in [1.54, 1.807) is 6.07 Å². The number of hydrogen-bond acceptors (Lipinski definition) is 5. The SMILES string of the molecule is Cc1cc(C#N)nc(NCCC(C)CCC(=O)O)n1. The summed E-state index contributed by atoms with van der Waals surface area (Å²) in [5.41, 5.74) is 1.09. The predicted octanol–water partition coefficient (Wildman–Crippen LogP) is 1.96. The molecule has 0 bridgehead atoms. The largest absolute Gasteiger partial charge is 0.481 e. The summed E-state index contributed by atoms with van der Waals surface area (Å²) >= 11 is 0. The van der Waals surface area contributed by atoms with Crippen LogP contribution in [0.1, 0.15) is 37.6 Å². The number of hydrogen-bond donors (Lipinski definition) is 2. The molecule has 6 heteroatoms. The summed E-state index contributed by atoms with van der Waals surface area (Å²) in [7, 11) is 0. The fourth-order valence-corrected chi connectivity index (χ4v) is 1.65. The minimum Gasteiger partial charge on any atom is -0.481 e. The number of nitriles is 1. The van der Waals surface area contributed by atoms with Crippen molar-refractivity contribution in [3.63, 3.8) is 0 Å². The number of aliphatic carboxylic acids is 1. The molecule has 0 aromatic carbocycles. The van der Waals surface area contributed by atoms with E-state index in [1.807, 2.05) is 19.9 Å². The van der Waals surface area contributed by atoms with Gasteiger partial charge in [0.1, 0.15) is 11.8 Å². The molecule has 1 atom stereocenters. The van der Waals surface area contributed by atoms with Gasteiger partial charge in [0.05, 0.1) is 0 Å². The van der Waals surface area contributed by atoms with Crippen LogP contribution in [-0.4, -0.2) is 27.6 Å². The molecular formula is C13H18N4O2. The molecule has 1 unspecified atom stereocenters. The first-order valence-corrected chi connectivity index (χ1v) is 6.22. The van der Waals surface area contributed by atoms with Crippen molar-refractivity contribution in [3.05, 3.63) is 17.5 Å². The minimum atomic E-state index is -0.763. The van der Waals surface area contributed by atoms with Gasteiger partial charge in [0.25, 0.3) is 0 Å². The highest BCUT2D eigenvalue weighted by Gasteiger charge is 2.06. The number of aryl methyl sites for hydroxylation is 1. The number of carboxylic acid groups (broad SMARTS) is 1. The predicted molar refractivity (Wildman–Crippen MR) is 70.6 cm³/mol. The second-order valence-electron chi connectivity index (χ2n) is 4.58. The fraction of sp³-hybridized carbons (Fsp3) is 0.538. The van der Waals surface area contributed by atoms with Crippen molar-refractivity contribution in [2.75, 3.05) is 11.9 Å². The molecule has 1 heterocycles. The molecular weight excluding hydrogens is 244 g/mol. The molecule has 0 aliphatic carbocycles. The van der Waals surface area contributed by atoms with Gasteiger partial charge in [-0.1, -0.05) is 6.92 Å². The molecule has 0 spiro atoms. The van der Waals surface area contributed by atoms with Crippen molar-refractivity contribution in [1.29, 1.82) is 5.26 Å². The molecule has 1 aromatic rings. The molecule has 0 fully saturated rings. The van der Waals surface area contributed by atoms with Crippen LogP contribution in [0.25, 0.3) is 0 Å². The van der Waals surface area contributed by atoms with E-state index in [0.29, 0.717) is 30.5 Å². The van der Waals surface area contributed by atoms with Gasteiger partial charge in [0.2, 0.25) is 5.95 Å². The lowest BCUT2D eigenvalue weighted by atomic mass is 10.0. The summed E-state index contributed by atoms with van der Waals surface area (Å²) in [6, 6.07) is 3.61. The Hall–Kier alpha value is -2.16. The molecule has 0 saturated heterocycles. The summed E-state index contributed by atoms with van der Waals surface area (Å²) in [4.78, 5) is 18.7. The highest BCUT2D eigenvalue weighted by atomic mass is 16.4. The van der Waals surface area contributed by atoms with Crippen molar-refractivity contribution in [3.8, 4) is 6.07 Å². The summed E-state index contributed by atoms with van der Waals surface area (Å²) in [6.07, 6.45) is 1.70. The zero-order valence-corrected chi connectivity index (χ0v) is 11.2. The molecule has 0 aliphatic rings. The lowest BCUT2D eigenvalue weighted by molar-refractivity contribution is -0.137. The Balaban J connectivity index is 2.39. The van der Waals surface area contributed by atoms with E-state index in [4.69, 9.17) is 10.4 Å². The summed E-state index contributed by atoms with van der Waals surface area (Å²) in [5, 5.41) is 20.4. The van der Waals surface area contributed by atoms with Crippen LogP contribution in [0.15, 0.2) is 6.07 Å². The third-order valence-electron chi connectivity index (χ3n) is 2.74. The average molecular weight is 262 g/mol. The Bertz CT molecular complexity index is 482. The average Bonchev–Trinajstić information content (AvgIpc) is 2.35. The lowest BCUT2D eigenvalue weighted by Crippen LogP contribution is -2.11. The number of carboxylic acids is 1. The zero-order valence-electron chi connectivity index (χ0n) is 11.2. The standard InChI is InChI=1S/C13H18N4O2/c1-9(3-4-12(18)19)5-6-15-13-16-10(2)7-11(8-14)17-13/h7,9H,3-6H2,1-2H3,(H,18,19)(H,15,16,17). The van der Waals surface area contributed by atoms with E-state index in [1.165, 1.54) is 0 Å². The maximum atomic E-state index is 10.4. The third-order valence-corrected chi connectivity index (χ3v) is 2.74. The van der Waals surface area contributed by atoms with Crippen LogP contribution in [0.3, 0.4) is 0 Å². The molecule has 19 heavy (non-hydrogen) atoms. The molecule has 102 valence electrons. The second kappa shape index (κ2) is 7.31. The molecule has 0 aliphatic heterocycles. The highest BCUT2D eigenvalue weighted by molar-refractivity contribution is 5.66. The Kier molecular flexibility index (Phi) is 5.73. The molecule has 0 radical (unpaired) electrons. The van der Waals surface area contributed by atoms with E-state index in [0.717, 1.165) is 12.1 Å². The van der Waals surface area contributed by atoms with Gasteiger partial charge in [-0.05, 0) is 31.7 Å². The Morgan fingerprint density at radius 1 is 1.53 bits per heavy atom. The van der Waals surface area contributed by atoms with E-state index >= 15 is 0 Å². The monoisotopic (exact) mass is 262 g/mol. The van der Waals surface area contributed by atoms with Crippen LogP contribution in [0.2, 0.25) is 0 Å². The second-order valence-corrected chi connectivity index (χ2v) is 4.58. The van der Waals surface area contributed by atoms with Gasteiger partial charge in [0, 0.05) is 18.7 Å². The number of aromatic nitrogens is 2. The molecule has 1 rings (SSSR count). The first-order valence-electron chi connectivity index (χ1n) is 6.22. The first kappa shape index (κ1) is 14.9. The lowest BCUT2D eigenvalue weighted by Gasteiger charge is -2.11. The van der Waals surface area contributed by atoms with E-state index in [-0.39, 0.29) is 6.42 Å². The van der Waals surface area contributed by atoms with Gasteiger partial charge in [-0.15, -0.1) is 0 Å². The van der Waals surface area contributed by atoms with Gasteiger partial charge in [-0.3, -0.25) is 4.79 Å². The molecule has 0 amide bonds. The van der Waals surface area contributed by atoms with Crippen LogP contribution in [0, 0.1) is 24.2 Å². The Labute approximate surface area is 112 Å². The quantitative estimate of drug-likeness (QED) is 0.779. The summed E-state index contributed by atoms with van der Waals surface area (Å²) in [6.45, 7) is 4.49. The van der Waals surface area contributed by atoms with Crippen molar-refractivity contribution in [1.82, 2.24) is 9.97 Å². The number of rotatable bonds is 7. The van der Waals surface area contributed by atoms with Gasteiger partial charge < -0.3 is 10.4 Å². The summed E-state index contributed by atoms with van der Waals surface area (Å²) < 4.78 is 0. The third kappa shape index (κ3) is 5.82. The number of anilines is 1. The van der Waals surface area contributed by atoms with Crippen LogP contribution in [-0.2, 0) is 4.79 Å². The van der Waals surface area contributed by atoms with Crippen molar-refractivity contribution >= 4 is 11.9 Å². The maximum Gasteiger partial charge on any atom is 0.303 e. The van der Waals surface area contributed by atoms with E-state index in [9.17, 15) is 4.79 Å². The Morgan fingerprint density at radius 2 is 2.26 bits per heavy atom. The zero-order chi connectivity index (χ0) is 14.3. The molecule has 0 saturated carbocycles. The van der Waals surface area contributed by atoms with Crippen LogP contribution in [0.4, 0.5) is 5.95 Å². The van der Waals surface area contributed by atoms with Crippen molar-refractivity contribution < 1.29 is 9.90 Å². The minimum absolute atomic E-state index is 0.195. The van der Waals surface area contributed by atoms with Crippen LogP contribution >= 0.6 is 0 Å². The maximum absolute atomic E-state index is 10.4. The van der Waals surface area contributed by atoms with Gasteiger partial charge in [-0.25, -0.2) is 9.97 Å². The van der Waals surface area contributed by atoms with Gasteiger partial charge >= 0.3 is 5.97 Å². The number of carbonyl (C=O) groups is 1. The van der Waals surface area contributed by atoms with Crippen molar-refractivity contribution in [2.24, 2.45) is 5.92 Å².